The number of hydrogen-bond acceptors (Lipinski definition) is 4. The van der Waals surface area contributed by atoms with E-state index in [1.54, 1.807) is 36.1 Å². The first-order valence-corrected chi connectivity index (χ1v) is 9.29. The van der Waals surface area contributed by atoms with Gasteiger partial charge in [-0.3, -0.25) is 4.79 Å². The third kappa shape index (κ3) is 4.48. The first-order valence-electron chi connectivity index (χ1n) is 9.29. The first-order chi connectivity index (χ1) is 13.0. The maximum atomic E-state index is 12.7. The molecular formula is C22H25NO4. The van der Waals surface area contributed by atoms with Gasteiger partial charge in [0.05, 0.1) is 12.2 Å². The van der Waals surface area contributed by atoms with E-state index >= 15 is 0 Å². The third-order valence-corrected chi connectivity index (χ3v) is 4.46. The maximum Gasteiger partial charge on any atom is 0.338 e. The van der Waals surface area contributed by atoms with Crippen molar-refractivity contribution in [2.75, 3.05) is 18.1 Å². The van der Waals surface area contributed by atoms with Gasteiger partial charge in [0, 0.05) is 12.2 Å². The van der Waals surface area contributed by atoms with E-state index in [4.69, 9.17) is 9.47 Å². The SMILES string of the molecule is CC(C)COc1ccc(C(=O)O[C@H](C)C(=O)N2CCc3ccccc32)cc1. The molecule has 2 aromatic rings. The Morgan fingerprint density at radius 2 is 1.74 bits per heavy atom. The van der Waals surface area contributed by atoms with Gasteiger partial charge in [-0.1, -0.05) is 32.0 Å². The van der Waals surface area contributed by atoms with Crippen LogP contribution in [0.2, 0.25) is 0 Å². The quantitative estimate of drug-likeness (QED) is 0.728. The molecule has 0 radical (unpaired) electrons. The fourth-order valence-electron chi connectivity index (χ4n) is 3.02. The van der Waals surface area contributed by atoms with E-state index in [9.17, 15) is 9.59 Å². The Morgan fingerprint density at radius 3 is 2.44 bits per heavy atom. The molecule has 0 bridgehead atoms. The number of esters is 1. The van der Waals surface area contributed by atoms with Crippen LogP contribution in [-0.4, -0.2) is 31.1 Å². The van der Waals surface area contributed by atoms with Crippen LogP contribution in [0.3, 0.4) is 0 Å². The molecule has 0 aromatic heterocycles. The van der Waals surface area contributed by atoms with Crippen LogP contribution < -0.4 is 9.64 Å². The van der Waals surface area contributed by atoms with Crippen molar-refractivity contribution >= 4 is 17.6 Å². The highest BCUT2D eigenvalue weighted by Crippen LogP contribution is 2.28. The molecule has 3 rings (SSSR count). The van der Waals surface area contributed by atoms with Crippen LogP contribution in [0, 0.1) is 5.92 Å². The van der Waals surface area contributed by atoms with Crippen molar-refractivity contribution in [1.82, 2.24) is 0 Å². The van der Waals surface area contributed by atoms with E-state index in [0.717, 1.165) is 17.7 Å². The van der Waals surface area contributed by atoms with E-state index in [1.165, 1.54) is 0 Å². The summed E-state index contributed by atoms with van der Waals surface area (Å²) in [5, 5.41) is 0. The van der Waals surface area contributed by atoms with Gasteiger partial charge in [-0.25, -0.2) is 4.79 Å². The molecule has 1 atom stereocenters. The van der Waals surface area contributed by atoms with Crippen LogP contribution in [0.1, 0.15) is 36.7 Å². The molecule has 5 heteroatoms. The van der Waals surface area contributed by atoms with Crippen LogP contribution in [0.5, 0.6) is 5.75 Å². The van der Waals surface area contributed by atoms with E-state index in [0.29, 0.717) is 30.4 Å². The molecular weight excluding hydrogens is 342 g/mol. The molecule has 2 aromatic carbocycles. The molecule has 0 saturated carbocycles. The van der Waals surface area contributed by atoms with Crippen molar-refractivity contribution in [1.29, 1.82) is 0 Å². The van der Waals surface area contributed by atoms with Gasteiger partial charge in [-0.2, -0.15) is 0 Å². The monoisotopic (exact) mass is 367 g/mol. The van der Waals surface area contributed by atoms with E-state index in [1.807, 2.05) is 24.3 Å². The lowest BCUT2D eigenvalue weighted by Crippen LogP contribution is -2.39. The van der Waals surface area contributed by atoms with Gasteiger partial charge >= 0.3 is 5.97 Å². The van der Waals surface area contributed by atoms with Gasteiger partial charge in [0.2, 0.25) is 0 Å². The number of carbonyl (C=O) groups excluding carboxylic acids is 2. The minimum atomic E-state index is -0.847. The average molecular weight is 367 g/mol. The number of ether oxygens (including phenoxy) is 2. The molecule has 0 aliphatic carbocycles. The number of para-hydroxylation sites is 1. The Morgan fingerprint density at radius 1 is 1.04 bits per heavy atom. The highest BCUT2D eigenvalue weighted by Gasteiger charge is 2.29. The Kier molecular flexibility index (Phi) is 5.79. The Labute approximate surface area is 159 Å². The Balaban J connectivity index is 1.60. The molecule has 27 heavy (non-hydrogen) atoms. The molecule has 1 aliphatic rings. The number of hydrogen-bond donors (Lipinski definition) is 0. The number of rotatable bonds is 6. The second-order valence-electron chi connectivity index (χ2n) is 7.15. The number of nitrogens with zero attached hydrogens (tertiary/aromatic N) is 1. The van der Waals surface area contributed by atoms with Gasteiger partial charge in [0.15, 0.2) is 6.10 Å². The minimum Gasteiger partial charge on any atom is -0.493 e. The fourth-order valence-corrected chi connectivity index (χ4v) is 3.02. The normalized spacial score (nSPS) is 14.0. The summed E-state index contributed by atoms with van der Waals surface area (Å²) in [7, 11) is 0. The van der Waals surface area contributed by atoms with Crippen LogP contribution in [0.4, 0.5) is 5.69 Å². The van der Waals surface area contributed by atoms with Crippen molar-refractivity contribution in [3.8, 4) is 5.75 Å². The standard InChI is InChI=1S/C22H25NO4/c1-15(2)14-26-19-10-8-18(9-11-19)22(25)27-16(3)21(24)23-13-12-17-6-4-5-7-20(17)23/h4-11,15-16H,12-14H2,1-3H3/t16-/m1/s1. The second kappa shape index (κ2) is 8.25. The smallest absolute Gasteiger partial charge is 0.338 e. The number of anilines is 1. The average Bonchev–Trinajstić information content (AvgIpc) is 3.10. The van der Waals surface area contributed by atoms with Crippen molar-refractivity contribution in [3.63, 3.8) is 0 Å². The second-order valence-corrected chi connectivity index (χ2v) is 7.15. The summed E-state index contributed by atoms with van der Waals surface area (Å²) < 4.78 is 11.0. The summed E-state index contributed by atoms with van der Waals surface area (Å²) in [5.41, 5.74) is 2.44. The van der Waals surface area contributed by atoms with Gasteiger partial charge in [0.1, 0.15) is 5.75 Å². The number of carbonyl (C=O) groups is 2. The third-order valence-electron chi connectivity index (χ3n) is 4.46. The lowest BCUT2D eigenvalue weighted by atomic mass is 10.2. The fraction of sp³-hybridized carbons (Fsp3) is 0.364. The predicted octanol–water partition coefficient (Wildman–Crippen LogP) is 3.86. The molecule has 1 amide bonds. The van der Waals surface area contributed by atoms with Crippen molar-refractivity contribution in [3.05, 3.63) is 59.7 Å². The first kappa shape index (κ1) is 19.0. The van der Waals surface area contributed by atoms with Crippen LogP contribution in [0.25, 0.3) is 0 Å². The molecule has 0 N–H and O–H groups in total. The van der Waals surface area contributed by atoms with Crippen molar-refractivity contribution < 1.29 is 19.1 Å². The Hall–Kier alpha value is -2.82. The van der Waals surface area contributed by atoms with E-state index < -0.39 is 12.1 Å². The molecule has 1 heterocycles. The zero-order chi connectivity index (χ0) is 19.4. The number of amides is 1. The molecule has 0 spiro atoms. The lowest BCUT2D eigenvalue weighted by Gasteiger charge is -2.21. The minimum absolute atomic E-state index is 0.204. The molecule has 142 valence electrons. The predicted molar refractivity (Wildman–Crippen MR) is 104 cm³/mol. The maximum absolute atomic E-state index is 12.7. The van der Waals surface area contributed by atoms with Gasteiger partial charge in [-0.05, 0) is 55.2 Å². The van der Waals surface area contributed by atoms with Gasteiger partial charge < -0.3 is 14.4 Å². The molecule has 1 aliphatic heterocycles. The number of benzene rings is 2. The van der Waals surface area contributed by atoms with Crippen LogP contribution in [0.15, 0.2) is 48.5 Å². The van der Waals surface area contributed by atoms with Crippen LogP contribution >= 0.6 is 0 Å². The largest absolute Gasteiger partial charge is 0.493 e. The molecule has 0 saturated heterocycles. The summed E-state index contributed by atoms with van der Waals surface area (Å²) in [6.45, 7) is 6.99. The van der Waals surface area contributed by atoms with Gasteiger partial charge in [-0.15, -0.1) is 0 Å². The summed E-state index contributed by atoms with van der Waals surface area (Å²) in [5.74, 6) is 0.416. The van der Waals surface area contributed by atoms with E-state index in [-0.39, 0.29) is 5.91 Å². The van der Waals surface area contributed by atoms with Crippen LogP contribution in [-0.2, 0) is 16.0 Å². The summed E-state index contributed by atoms with van der Waals surface area (Å²) in [6.07, 6.45) is -0.0269. The summed E-state index contributed by atoms with van der Waals surface area (Å²) in [4.78, 5) is 26.8. The topological polar surface area (TPSA) is 55.8 Å². The summed E-state index contributed by atoms with van der Waals surface area (Å²) >= 11 is 0. The zero-order valence-electron chi connectivity index (χ0n) is 16.0. The number of fused-ring (bicyclic) bond motifs is 1. The Bertz CT molecular complexity index is 813. The lowest BCUT2D eigenvalue weighted by molar-refractivity contribution is -0.126. The summed E-state index contributed by atoms with van der Waals surface area (Å²) in [6, 6.07) is 14.6. The van der Waals surface area contributed by atoms with Crippen molar-refractivity contribution in [2.24, 2.45) is 5.92 Å². The van der Waals surface area contributed by atoms with E-state index in [2.05, 4.69) is 13.8 Å². The molecule has 5 nitrogen and oxygen atoms in total. The van der Waals surface area contributed by atoms with Gasteiger partial charge in [0.25, 0.3) is 5.91 Å². The highest BCUT2D eigenvalue weighted by molar-refractivity contribution is 6.00. The highest BCUT2D eigenvalue weighted by atomic mass is 16.5. The van der Waals surface area contributed by atoms with Crippen molar-refractivity contribution in [2.45, 2.75) is 33.3 Å². The molecule has 0 unspecified atom stereocenters. The molecule has 0 fully saturated rings. The zero-order valence-corrected chi connectivity index (χ0v) is 16.0.